The average molecular weight is 397 g/mol. The van der Waals surface area contributed by atoms with Gasteiger partial charge < -0.3 is 32.2 Å². The van der Waals surface area contributed by atoms with Crippen molar-refractivity contribution in [2.75, 3.05) is 5.73 Å². The topological polar surface area (TPSA) is 172 Å². The predicted molar refractivity (Wildman–Crippen MR) is 109 cm³/mol. The molecule has 10 nitrogen and oxygen atoms in total. The van der Waals surface area contributed by atoms with Crippen LogP contribution in [0.3, 0.4) is 0 Å². The third-order valence-electron chi connectivity index (χ3n) is 3.95. The zero-order valence-corrected chi connectivity index (χ0v) is 15.9. The van der Waals surface area contributed by atoms with Crippen LogP contribution >= 0.6 is 11.3 Å². The van der Waals surface area contributed by atoms with Crippen LogP contribution in [0.15, 0.2) is 24.0 Å². The van der Waals surface area contributed by atoms with Crippen molar-refractivity contribution in [3.63, 3.8) is 0 Å². The van der Waals surface area contributed by atoms with Crippen LogP contribution in [0.5, 0.6) is 0 Å². The Balaban J connectivity index is 1.88. The fourth-order valence-corrected chi connectivity index (χ4v) is 3.87. The first-order chi connectivity index (χ1) is 13.4. The summed E-state index contributed by atoms with van der Waals surface area (Å²) in [4.78, 5) is 25.4. The number of nitrogens with one attached hydrogen (secondary N) is 3. The van der Waals surface area contributed by atoms with E-state index in [4.69, 9.17) is 22.3 Å². The van der Waals surface area contributed by atoms with E-state index in [1.807, 2.05) is 0 Å². The SMILES string of the molecule is Cn1c(C(=O)NCc2nccc(N)n2)c(C=N)c2sc(CC(N)=CC=N)nc21. The van der Waals surface area contributed by atoms with E-state index in [9.17, 15) is 4.79 Å². The summed E-state index contributed by atoms with van der Waals surface area (Å²) in [5, 5.41) is 18.3. The number of nitrogens with zero attached hydrogens (tertiary/aromatic N) is 4. The Morgan fingerprint density at radius 1 is 1.39 bits per heavy atom. The van der Waals surface area contributed by atoms with Gasteiger partial charge in [-0.1, -0.05) is 0 Å². The van der Waals surface area contributed by atoms with Gasteiger partial charge in [-0.2, -0.15) is 0 Å². The number of hydrogen-bond acceptors (Lipinski definition) is 9. The van der Waals surface area contributed by atoms with Gasteiger partial charge in [0, 0.05) is 43.4 Å². The normalized spacial score (nSPS) is 11.5. The number of amides is 1. The van der Waals surface area contributed by atoms with Crippen LogP contribution in [0, 0.1) is 10.8 Å². The number of aryl methyl sites for hydroxylation is 1. The maximum atomic E-state index is 12.7. The van der Waals surface area contributed by atoms with E-state index in [0.717, 1.165) is 22.1 Å². The predicted octanol–water partition coefficient (Wildman–Crippen LogP) is 0.969. The average Bonchev–Trinajstić information content (AvgIpc) is 3.17. The van der Waals surface area contributed by atoms with E-state index in [2.05, 4.69) is 20.3 Å². The second kappa shape index (κ2) is 7.96. The minimum absolute atomic E-state index is 0.115. The zero-order chi connectivity index (χ0) is 20.3. The van der Waals surface area contributed by atoms with E-state index in [1.165, 1.54) is 23.6 Å². The summed E-state index contributed by atoms with van der Waals surface area (Å²) in [7, 11) is 1.72. The van der Waals surface area contributed by atoms with E-state index in [1.54, 1.807) is 17.7 Å². The Morgan fingerprint density at radius 3 is 2.86 bits per heavy atom. The molecule has 0 saturated heterocycles. The van der Waals surface area contributed by atoms with Gasteiger partial charge in [0.05, 0.1) is 11.2 Å². The van der Waals surface area contributed by atoms with E-state index >= 15 is 0 Å². The summed E-state index contributed by atoms with van der Waals surface area (Å²) < 4.78 is 2.39. The van der Waals surface area contributed by atoms with Gasteiger partial charge in [0.2, 0.25) is 0 Å². The van der Waals surface area contributed by atoms with Gasteiger partial charge in [0.15, 0.2) is 5.65 Å². The summed E-state index contributed by atoms with van der Waals surface area (Å²) in [6.07, 6.45) is 5.70. The molecule has 28 heavy (non-hydrogen) atoms. The van der Waals surface area contributed by atoms with Gasteiger partial charge in [-0.05, 0) is 12.1 Å². The third kappa shape index (κ3) is 3.74. The number of rotatable bonds is 7. The van der Waals surface area contributed by atoms with Crippen molar-refractivity contribution in [1.29, 1.82) is 10.8 Å². The van der Waals surface area contributed by atoms with E-state index < -0.39 is 0 Å². The molecule has 0 aliphatic heterocycles. The van der Waals surface area contributed by atoms with Gasteiger partial charge in [-0.3, -0.25) is 4.79 Å². The molecule has 0 atom stereocenters. The van der Waals surface area contributed by atoms with Crippen LogP contribution in [0.1, 0.15) is 26.9 Å². The lowest BCUT2D eigenvalue weighted by atomic mass is 10.2. The minimum Gasteiger partial charge on any atom is -0.402 e. The summed E-state index contributed by atoms with van der Waals surface area (Å²) in [5.41, 5.74) is 13.4. The summed E-state index contributed by atoms with van der Waals surface area (Å²) in [6.45, 7) is 0.115. The Bertz CT molecular complexity index is 1100. The minimum atomic E-state index is -0.359. The number of nitrogens with two attached hydrogens (primary N) is 2. The number of aromatic nitrogens is 4. The molecule has 0 radical (unpaired) electrons. The van der Waals surface area contributed by atoms with Gasteiger partial charge in [0.1, 0.15) is 22.3 Å². The molecular weight excluding hydrogens is 378 g/mol. The molecule has 0 unspecified atom stereocenters. The van der Waals surface area contributed by atoms with Crippen molar-refractivity contribution < 1.29 is 4.79 Å². The number of thiazole rings is 1. The standard InChI is InChI=1S/C17H19N9OS/c1-26-14(17(27)23-8-12-22-5-3-11(21)24-12)10(7-19)15-16(26)25-13(28-15)6-9(20)2-4-18/h2-5,7,18-19H,6,8,20H2,1H3,(H,23,27)(H2,21,22,24). The molecule has 0 fully saturated rings. The Kier molecular flexibility index (Phi) is 5.45. The highest BCUT2D eigenvalue weighted by atomic mass is 32.1. The first-order valence-corrected chi connectivity index (χ1v) is 9.05. The zero-order valence-electron chi connectivity index (χ0n) is 15.1. The number of carbonyl (C=O) groups excluding carboxylic acids is 1. The van der Waals surface area contributed by atoms with Gasteiger partial charge in [-0.15, -0.1) is 11.3 Å². The molecule has 7 N–H and O–H groups in total. The summed E-state index contributed by atoms with van der Waals surface area (Å²) in [5.74, 6) is 0.364. The van der Waals surface area contributed by atoms with Crippen molar-refractivity contribution in [2.24, 2.45) is 12.8 Å². The number of hydrogen-bond donors (Lipinski definition) is 5. The van der Waals surface area contributed by atoms with Gasteiger partial charge in [-0.25, -0.2) is 15.0 Å². The van der Waals surface area contributed by atoms with Crippen LogP contribution in [-0.4, -0.2) is 37.9 Å². The molecule has 0 aromatic carbocycles. The molecule has 1 amide bonds. The first-order valence-electron chi connectivity index (χ1n) is 8.23. The lowest BCUT2D eigenvalue weighted by Crippen LogP contribution is -2.27. The van der Waals surface area contributed by atoms with Crippen molar-refractivity contribution in [2.45, 2.75) is 13.0 Å². The monoisotopic (exact) mass is 397 g/mol. The molecular formula is C17H19N9OS. The van der Waals surface area contributed by atoms with Gasteiger partial charge in [0.25, 0.3) is 5.91 Å². The van der Waals surface area contributed by atoms with Crippen molar-refractivity contribution in [3.8, 4) is 0 Å². The highest BCUT2D eigenvalue weighted by molar-refractivity contribution is 7.19. The molecule has 0 aliphatic carbocycles. The van der Waals surface area contributed by atoms with Crippen molar-refractivity contribution >= 4 is 45.8 Å². The largest absolute Gasteiger partial charge is 0.402 e. The van der Waals surface area contributed by atoms with Crippen LogP contribution in [-0.2, 0) is 20.0 Å². The van der Waals surface area contributed by atoms with Gasteiger partial charge >= 0.3 is 0 Å². The van der Waals surface area contributed by atoms with Crippen LogP contribution in [0.2, 0.25) is 0 Å². The first kappa shape index (κ1) is 19.2. The number of anilines is 1. The fourth-order valence-electron chi connectivity index (χ4n) is 2.72. The van der Waals surface area contributed by atoms with Crippen molar-refractivity contribution in [3.05, 3.63) is 46.1 Å². The second-order valence-electron chi connectivity index (χ2n) is 5.89. The molecule has 3 aromatic heterocycles. The van der Waals surface area contributed by atoms with Crippen LogP contribution < -0.4 is 16.8 Å². The summed E-state index contributed by atoms with van der Waals surface area (Å²) >= 11 is 1.37. The van der Waals surface area contributed by atoms with Crippen LogP contribution in [0.4, 0.5) is 5.82 Å². The fraction of sp³-hybridized carbons (Fsp3) is 0.176. The molecule has 3 heterocycles. The molecule has 3 rings (SSSR count). The maximum absolute atomic E-state index is 12.7. The molecule has 0 spiro atoms. The second-order valence-corrected chi connectivity index (χ2v) is 6.98. The van der Waals surface area contributed by atoms with E-state index in [-0.39, 0.29) is 12.5 Å². The molecule has 0 aliphatic rings. The quantitative estimate of drug-likeness (QED) is 0.371. The Labute approximate surface area is 164 Å². The van der Waals surface area contributed by atoms with Crippen LogP contribution in [0.25, 0.3) is 10.3 Å². The van der Waals surface area contributed by atoms with E-state index in [0.29, 0.717) is 40.7 Å². The Hall–Kier alpha value is -3.60. The number of carbonyl (C=O) groups is 1. The van der Waals surface area contributed by atoms with Crippen molar-refractivity contribution in [1.82, 2.24) is 24.8 Å². The molecule has 11 heteroatoms. The third-order valence-corrected chi connectivity index (χ3v) is 5.03. The highest BCUT2D eigenvalue weighted by Crippen LogP contribution is 2.30. The summed E-state index contributed by atoms with van der Waals surface area (Å²) in [6, 6.07) is 1.57. The number of nitrogen functional groups attached to an aromatic ring is 1. The number of fused-ring (bicyclic) bond motifs is 1. The smallest absolute Gasteiger partial charge is 0.269 e. The highest BCUT2D eigenvalue weighted by Gasteiger charge is 2.23. The molecule has 0 bridgehead atoms. The molecule has 144 valence electrons. The lowest BCUT2D eigenvalue weighted by molar-refractivity contribution is 0.0942. The Morgan fingerprint density at radius 2 is 2.18 bits per heavy atom. The lowest BCUT2D eigenvalue weighted by Gasteiger charge is -2.07. The molecule has 3 aromatic rings. The number of allylic oxidation sites excluding steroid dienone is 2. The maximum Gasteiger partial charge on any atom is 0.269 e. The molecule has 0 saturated carbocycles.